The van der Waals surface area contributed by atoms with Crippen LogP contribution >= 0.6 is 7.82 Å². The minimum atomic E-state index is -4.35. The first-order valence-electron chi connectivity index (χ1n) is 20.9. The average Bonchev–Trinajstić information content (AvgIpc) is 3.12. The van der Waals surface area contributed by atoms with Crippen LogP contribution in [0.1, 0.15) is 181 Å². The maximum atomic E-state index is 12.6. The van der Waals surface area contributed by atoms with Crippen molar-refractivity contribution >= 4 is 19.8 Å². The summed E-state index contributed by atoms with van der Waals surface area (Å²) in [4.78, 5) is 35.0. The number of ether oxygens (including phenoxy) is 2. The Balaban J connectivity index is 4.21. The highest BCUT2D eigenvalue weighted by atomic mass is 31.2. The number of unbranched alkanes of at least 4 members (excludes halogenated alkanes) is 19. The van der Waals surface area contributed by atoms with Crippen LogP contribution in [-0.4, -0.2) is 56.3 Å². The lowest BCUT2D eigenvalue weighted by atomic mass is 10.1. The van der Waals surface area contributed by atoms with Gasteiger partial charge in [-0.25, -0.2) is 4.57 Å². The molecule has 0 aromatic carbocycles. The fraction of sp³-hybridized carbons (Fsp3) is 0.810. The quantitative estimate of drug-likeness (QED) is 0.0273. The van der Waals surface area contributed by atoms with Crippen molar-refractivity contribution in [1.82, 2.24) is 5.32 Å². The minimum absolute atomic E-state index is 0.0193. The summed E-state index contributed by atoms with van der Waals surface area (Å²) in [5.41, 5.74) is 0. The normalized spacial score (nSPS) is 13.7. The van der Waals surface area contributed by atoms with E-state index in [2.05, 4.69) is 55.6 Å². The number of phosphoric acid groups is 1. The first-order valence-corrected chi connectivity index (χ1v) is 22.4. The molecule has 52 heavy (non-hydrogen) atoms. The van der Waals surface area contributed by atoms with Gasteiger partial charge >= 0.3 is 19.8 Å². The van der Waals surface area contributed by atoms with Crippen molar-refractivity contribution in [3.63, 3.8) is 0 Å². The zero-order valence-corrected chi connectivity index (χ0v) is 34.4. The summed E-state index contributed by atoms with van der Waals surface area (Å²) in [5.74, 6) is -0.823. The third kappa shape index (κ3) is 38.0. The number of carbonyl (C=O) groups excluding carboxylic acids is 2. The Morgan fingerprint density at radius 2 is 1.06 bits per heavy atom. The Hall–Kier alpha value is -1.77. The maximum absolute atomic E-state index is 12.6. The molecular weight excluding hydrogens is 677 g/mol. The molecule has 0 aliphatic rings. The van der Waals surface area contributed by atoms with E-state index in [-0.39, 0.29) is 32.0 Å². The minimum Gasteiger partial charge on any atom is -0.462 e. The lowest BCUT2D eigenvalue weighted by Gasteiger charge is -2.20. The Kier molecular flexibility index (Phi) is 37.6. The fourth-order valence-corrected chi connectivity index (χ4v) is 6.26. The average molecular weight is 756 g/mol. The number of hydrogen-bond donors (Lipinski definition) is 2. The molecule has 2 unspecified atom stereocenters. The number of rotatable bonds is 39. The second kappa shape index (κ2) is 38.9. The molecule has 10 heteroatoms. The van der Waals surface area contributed by atoms with Crippen LogP contribution in [0, 0.1) is 0 Å². The number of esters is 2. The molecule has 0 spiro atoms. The van der Waals surface area contributed by atoms with Crippen LogP contribution in [0.15, 0.2) is 36.5 Å². The third-order valence-corrected chi connectivity index (χ3v) is 9.72. The predicted octanol–water partition coefficient (Wildman–Crippen LogP) is 11.6. The fourth-order valence-electron chi connectivity index (χ4n) is 5.50. The van der Waals surface area contributed by atoms with Crippen molar-refractivity contribution in [2.24, 2.45) is 0 Å². The first-order chi connectivity index (χ1) is 25.3. The van der Waals surface area contributed by atoms with E-state index in [1.165, 1.54) is 70.6 Å². The zero-order valence-electron chi connectivity index (χ0n) is 33.5. The smallest absolute Gasteiger partial charge is 0.462 e. The van der Waals surface area contributed by atoms with Gasteiger partial charge in [-0.1, -0.05) is 140 Å². The van der Waals surface area contributed by atoms with E-state index in [1.54, 1.807) is 7.05 Å². The summed E-state index contributed by atoms with van der Waals surface area (Å²) in [6.45, 7) is 4.14. The van der Waals surface area contributed by atoms with Crippen molar-refractivity contribution in [3.8, 4) is 0 Å². The summed E-state index contributed by atoms with van der Waals surface area (Å²) in [5, 5.41) is 2.82. The Morgan fingerprint density at radius 3 is 1.60 bits per heavy atom. The molecule has 0 saturated heterocycles. The van der Waals surface area contributed by atoms with Crippen LogP contribution < -0.4 is 5.32 Å². The number of phosphoric ester groups is 1. The predicted molar refractivity (Wildman–Crippen MR) is 215 cm³/mol. The lowest BCUT2D eigenvalue weighted by Crippen LogP contribution is -2.29. The standard InChI is InChI=1S/C42H78NO8P/c1-4-6-8-10-12-14-16-17-18-19-20-21-22-23-25-27-29-31-33-35-42(45)51-40(39-50-52(46,47)49-37-36-43-3)38-48-41(44)34-32-30-28-26-24-15-13-11-9-7-5-2/h11-14,17-18,40,43H,4-10,15-16,19-39H2,1-3H3,(H,46,47)/b13-11-,14-12-,18-17-. The van der Waals surface area contributed by atoms with Gasteiger partial charge in [-0.3, -0.25) is 18.6 Å². The number of carbonyl (C=O) groups is 2. The SMILES string of the molecule is CCCC/C=C\CCCCCCCC(=O)OCC(COP(=O)(O)OCCNC)OC(=O)CCCCCCCCCCC/C=C\C/C=C\CCCCC. The van der Waals surface area contributed by atoms with Crippen molar-refractivity contribution in [1.29, 1.82) is 0 Å². The van der Waals surface area contributed by atoms with Crippen molar-refractivity contribution in [2.45, 2.75) is 187 Å². The second-order valence-corrected chi connectivity index (χ2v) is 15.3. The molecule has 0 heterocycles. The van der Waals surface area contributed by atoms with E-state index in [1.807, 2.05) is 0 Å². The van der Waals surface area contributed by atoms with Gasteiger partial charge in [-0.2, -0.15) is 0 Å². The highest BCUT2D eigenvalue weighted by molar-refractivity contribution is 7.47. The van der Waals surface area contributed by atoms with Gasteiger partial charge in [-0.05, 0) is 71.3 Å². The number of hydrogen-bond acceptors (Lipinski definition) is 8. The van der Waals surface area contributed by atoms with Crippen molar-refractivity contribution in [2.75, 3.05) is 33.4 Å². The molecule has 9 nitrogen and oxygen atoms in total. The van der Waals surface area contributed by atoms with Crippen LogP contribution in [-0.2, 0) is 32.7 Å². The molecule has 0 amide bonds. The topological polar surface area (TPSA) is 120 Å². The van der Waals surface area contributed by atoms with Gasteiger partial charge in [0.05, 0.1) is 13.2 Å². The third-order valence-electron chi connectivity index (χ3n) is 8.73. The van der Waals surface area contributed by atoms with Crippen molar-refractivity contribution < 1.29 is 37.6 Å². The van der Waals surface area contributed by atoms with Gasteiger partial charge in [0, 0.05) is 19.4 Å². The summed E-state index contributed by atoms with van der Waals surface area (Å²) >= 11 is 0. The molecule has 0 radical (unpaired) electrons. The maximum Gasteiger partial charge on any atom is 0.472 e. The monoisotopic (exact) mass is 756 g/mol. The van der Waals surface area contributed by atoms with Gasteiger partial charge in [0.15, 0.2) is 6.10 Å². The highest BCUT2D eigenvalue weighted by Gasteiger charge is 2.26. The first kappa shape index (κ1) is 50.2. The molecular formula is C42H78NO8P. The molecule has 0 fully saturated rings. The molecule has 0 aromatic rings. The molecule has 2 N–H and O–H groups in total. The summed E-state index contributed by atoms with van der Waals surface area (Å²) in [6, 6.07) is 0. The number of nitrogens with one attached hydrogen (secondary N) is 1. The van der Waals surface area contributed by atoms with E-state index >= 15 is 0 Å². The Bertz CT molecular complexity index is 954. The van der Waals surface area contributed by atoms with Gasteiger partial charge in [0.1, 0.15) is 6.61 Å². The molecule has 0 aliphatic carbocycles. The largest absolute Gasteiger partial charge is 0.472 e. The van der Waals surface area contributed by atoms with E-state index in [0.29, 0.717) is 13.0 Å². The molecule has 0 aromatic heterocycles. The van der Waals surface area contributed by atoms with Crippen LogP contribution in [0.25, 0.3) is 0 Å². The van der Waals surface area contributed by atoms with Crippen molar-refractivity contribution in [3.05, 3.63) is 36.5 Å². The molecule has 0 bridgehead atoms. The molecule has 0 aliphatic heterocycles. The summed E-state index contributed by atoms with van der Waals surface area (Å²) in [7, 11) is -2.65. The zero-order chi connectivity index (χ0) is 38.2. The van der Waals surface area contributed by atoms with Gasteiger partial charge in [0.25, 0.3) is 0 Å². The lowest BCUT2D eigenvalue weighted by molar-refractivity contribution is -0.161. The second-order valence-electron chi connectivity index (χ2n) is 13.8. The van der Waals surface area contributed by atoms with Gasteiger partial charge in [0.2, 0.25) is 0 Å². The Morgan fingerprint density at radius 1 is 0.596 bits per heavy atom. The molecule has 2 atom stereocenters. The van der Waals surface area contributed by atoms with Crippen LogP contribution in [0.2, 0.25) is 0 Å². The highest BCUT2D eigenvalue weighted by Crippen LogP contribution is 2.43. The van der Waals surface area contributed by atoms with E-state index in [0.717, 1.165) is 77.0 Å². The Labute approximate surface area is 318 Å². The van der Waals surface area contributed by atoms with Crippen LogP contribution in [0.4, 0.5) is 0 Å². The van der Waals surface area contributed by atoms with E-state index < -0.39 is 26.5 Å². The number of likely N-dealkylation sites (N-methyl/N-ethyl adjacent to an activating group) is 1. The van der Waals surface area contributed by atoms with E-state index in [9.17, 15) is 19.0 Å². The molecule has 0 rings (SSSR count). The van der Waals surface area contributed by atoms with Crippen LogP contribution in [0.3, 0.4) is 0 Å². The van der Waals surface area contributed by atoms with Gasteiger partial charge < -0.3 is 19.7 Å². The summed E-state index contributed by atoms with van der Waals surface area (Å²) < 4.78 is 33.1. The van der Waals surface area contributed by atoms with Gasteiger partial charge in [-0.15, -0.1) is 0 Å². The van der Waals surface area contributed by atoms with Crippen LogP contribution in [0.5, 0.6) is 0 Å². The molecule has 0 saturated carbocycles. The molecule has 304 valence electrons. The number of allylic oxidation sites excluding steroid dienone is 6. The summed E-state index contributed by atoms with van der Waals surface area (Å²) in [6.07, 6.45) is 40.4. The van der Waals surface area contributed by atoms with E-state index in [4.69, 9.17) is 18.5 Å².